The van der Waals surface area contributed by atoms with Crippen LogP contribution in [0.25, 0.3) is 0 Å². The van der Waals surface area contributed by atoms with Gasteiger partial charge in [-0.2, -0.15) is 0 Å². The molecule has 0 aromatic heterocycles. The lowest BCUT2D eigenvalue weighted by Crippen LogP contribution is -2.29. The van der Waals surface area contributed by atoms with Crippen molar-refractivity contribution in [2.75, 3.05) is 5.32 Å². The zero-order valence-corrected chi connectivity index (χ0v) is 13.7. The molecule has 1 N–H and O–H groups in total. The number of fused-ring (bicyclic) bond motifs is 3. The number of hydrogen-bond donors (Lipinski definition) is 1. The van der Waals surface area contributed by atoms with Crippen molar-refractivity contribution in [1.82, 2.24) is 0 Å². The van der Waals surface area contributed by atoms with E-state index in [1.54, 1.807) is 0 Å². The van der Waals surface area contributed by atoms with Crippen LogP contribution >= 0.6 is 27.5 Å². The smallest absolute Gasteiger partial charge is 0.0554 e. The fraction of sp³-hybridized carbons (Fsp3) is 0.222. The predicted molar refractivity (Wildman–Crippen MR) is 91.9 cm³/mol. The first-order valence-corrected chi connectivity index (χ1v) is 8.37. The van der Waals surface area contributed by atoms with E-state index < -0.39 is 0 Å². The second-order valence-corrected chi connectivity index (χ2v) is 7.11. The quantitative estimate of drug-likeness (QED) is 0.622. The minimum absolute atomic E-state index is 0.344. The van der Waals surface area contributed by atoms with Crippen LogP contribution in [-0.4, -0.2) is 0 Å². The number of halogens is 2. The topological polar surface area (TPSA) is 12.0 Å². The van der Waals surface area contributed by atoms with E-state index in [9.17, 15) is 0 Å². The lowest BCUT2D eigenvalue weighted by molar-refractivity contribution is 0.425. The molecule has 0 bridgehead atoms. The van der Waals surface area contributed by atoms with E-state index in [1.165, 1.54) is 16.8 Å². The van der Waals surface area contributed by atoms with Crippen LogP contribution in [0.5, 0.6) is 0 Å². The molecular weight excluding hydrogens is 346 g/mol. The van der Waals surface area contributed by atoms with Crippen LogP contribution in [0.4, 0.5) is 5.69 Å². The van der Waals surface area contributed by atoms with E-state index in [0.29, 0.717) is 17.9 Å². The highest BCUT2D eigenvalue weighted by molar-refractivity contribution is 9.10. The molecule has 0 saturated heterocycles. The molecule has 0 radical (unpaired) electrons. The first kappa shape index (κ1) is 13.4. The molecule has 2 aliphatic rings. The van der Waals surface area contributed by atoms with Gasteiger partial charge >= 0.3 is 0 Å². The van der Waals surface area contributed by atoms with Crippen molar-refractivity contribution in [3.8, 4) is 0 Å². The number of rotatable bonds is 1. The zero-order valence-electron chi connectivity index (χ0n) is 11.4. The summed E-state index contributed by atoms with van der Waals surface area (Å²) in [6.45, 7) is 0. The van der Waals surface area contributed by atoms with Gasteiger partial charge in [0.25, 0.3) is 0 Å². The summed E-state index contributed by atoms with van der Waals surface area (Å²) in [7, 11) is 0. The minimum Gasteiger partial charge on any atom is -0.378 e. The Hall–Kier alpha value is -1.25. The maximum atomic E-state index is 6.18. The van der Waals surface area contributed by atoms with E-state index in [-0.39, 0.29) is 0 Å². The van der Waals surface area contributed by atoms with Gasteiger partial charge in [-0.05, 0) is 53.8 Å². The van der Waals surface area contributed by atoms with Crippen molar-refractivity contribution >= 4 is 33.2 Å². The molecule has 2 aromatic carbocycles. The molecule has 21 heavy (non-hydrogen) atoms. The van der Waals surface area contributed by atoms with Crippen molar-refractivity contribution in [3.63, 3.8) is 0 Å². The third-order valence-corrected chi connectivity index (χ3v) is 5.26. The SMILES string of the molecule is Clc1ccc2c(c1)[C@H]1C=CC[C@H]1[C@@H](c1cccc(Br)c1)N2. The Balaban J connectivity index is 1.80. The zero-order chi connectivity index (χ0) is 14.4. The van der Waals surface area contributed by atoms with Gasteiger partial charge in [-0.15, -0.1) is 0 Å². The third kappa shape index (κ3) is 2.31. The van der Waals surface area contributed by atoms with Gasteiger partial charge in [0.2, 0.25) is 0 Å². The van der Waals surface area contributed by atoms with Crippen LogP contribution in [0.15, 0.2) is 59.1 Å². The number of anilines is 1. The Kier molecular flexibility index (Phi) is 3.31. The highest BCUT2D eigenvalue weighted by Crippen LogP contribution is 2.50. The molecular formula is C18H15BrClN. The molecule has 0 saturated carbocycles. The summed E-state index contributed by atoms with van der Waals surface area (Å²) in [4.78, 5) is 0. The number of nitrogens with one attached hydrogen (secondary N) is 1. The van der Waals surface area contributed by atoms with Crippen LogP contribution in [0, 0.1) is 5.92 Å². The van der Waals surface area contributed by atoms with Crippen LogP contribution in [-0.2, 0) is 0 Å². The fourth-order valence-electron chi connectivity index (χ4n) is 3.60. The number of benzene rings is 2. The summed E-state index contributed by atoms with van der Waals surface area (Å²) in [5.74, 6) is 1.02. The Bertz CT molecular complexity index is 725. The van der Waals surface area contributed by atoms with Crippen LogP contribution in [0.2, 0.25) is 5.02 Å². The summed E-state index contributed by atoms with van der Waals surface area (Å²) >= 11 is 9.76. The van der Waals surface area contributed by atoms with E-state index in [2.05, 4.69) is 69.8 Å². The van der Waals surface area contributed by atoms with E-state index in [4.69, 9.17) is 11.6 Å². The van der Waals surface area contributed by atoms with Gasteiger partial charge in [0.15, 0.2) is 0 Å². The number of allylic oxidation sites excluding steroid dienone is 2. The minimum atomic E-state index is 0.344. The summed E-state index contributed by atoms with van der Waals surface area (Å²) < 4.78 is 1.13. The maximum Gasteiger partial charge on any atom is 0.0554 e. The summed E-state index contributed by atoms with van der Waals surface area (Å²) in [5, 5.41) is 4.53. The van der Waals surface area contributed by atoms with E-state index in [1.807, 2.05) is 6.07 Å². The van der Waals surface area contributed by atoms with Crippen molar-refractivity contribution in [2.24, 2.45) is 5.92 Å². The normalized spacial score (nSPS) is 26.1. The molecule has 0 amide bonds. The highest BCUT2D eigenvalue weighted by atomic mass is 79.9. The lowest BCUT2D eigenvalue weighted by atomic mass is 9.77. The van der Waals surface area contributed by atoms with Crippen molar-refractivity contribution < 1.29 is 0 Å². The molecule has 3 atom stereocenters. The monoisotopic (exact) mass is 359 g/mol. The van der Waals surface area contributed by atoms with Gasteiger partial charge < -0.3 is 5.32 Å². The third-order valence-electron chi connectivity index (χ3n) is 4.53. The second kappa shape index (κ2) is 5.19. The Morgan fingerprint density at radius 2 is 2.05 bits per heavy atom. The molecule has 4 rings (SSSR count). The molecule has 1 aliphatic heterocycles. The standard InChI is InChI=1S/C18H15BrClN/c19-12-4-1-3-11(9-12)18-15-6-2-5-14(15)16-10-13(20)7-8-17(16)21-18/h1-5,7-10,14-15,18,21H,6H2/t14-,15+,18+/m0/s1. The molecule has 2 aromatic rings. The van der Waals surface area contributed by atoms with Gasteiger partial charge in [0.1, 0.15) is 0 Å². The van der Waals surface area contributed by atoms with Crippen molar-refractivity contribution in [3.05, 3.63) is 75.2 Å². The number of hydrogen-bond acceptors (Lipinski definition) is 1. The van der Waals surface area contributed by atoms with Gasteiger partial charge in [0.05, 0.1) is 6.04 Å². The fourth-order valence-corrected chi connectivity index (χ4v) is 4.19. The van der Waals surface area contributed by atoms with E-state index in [0.717, 1.165) is 15.9 Å². The molecule has 0 spiro atoms. The van der Waals surface area contributed by atoms with Gasteiger partial charge in [-0.1, -0.05) is 51.8 Å². The maximum absolute atomic E-state index is 6.18. The molecule has 0 fully saturated rings. The average molecular weight is 361 g/mol. The Labute approximate surface area is 138 Å². The highest BCUT2D eigenvalue weighted by Gasteiger charge is 2.37. The largest absolute Gasteiger partial charge is 0.378 e. The van der Waals surface area contributed by atoms with Crippen molar-refractivity contribution in [1.29, 1.82) is 0 Å². The molecule has 3 heteroatoms. The second-order valence-electron chi connectivity index (χ2n) is 5.76. The summed E-state index contributed by atoms with van der Waals surface area (Å²) in [6, 6.07) is 15.1. The summed E-state index contributed by atoms with van der Waals surface area (Å²) in [6.07, 6.45) is 5.75. The molecule has 106 valence electrons. The van der Waals surface area contributed by atoms with Crippen LogP contribution < -0.4 is 5.32 Å². The van der Waals surface area contributed by atoms with Crippen molar-refractivity contribution in [2.45, 2.75) is 18.4 Å². The molecule has 1 nitrogen and oxygen atoms in total. The Morgan fingerprint density at radius 3 is 2.90 bits per heavy atom. The summed E-state index contributed by atoms with van der Waals surface area (Å²) in [5.41, 5.74) is 3.87. The van der Waals surface area contributed by atoms with Gasteiger partial charge in [-0.3, -0.25) is 0 Å². The van der Waals surface area contributed by atoms with Gasteiger partial charge in [0, 0.05) is 21.1 Å². The predicted octanol–water partition coefficient (Wildman–Crippen LogP) is 5.93. The van der Waals surface area contributed by atoms with Crippen LogP contribution in [0.1, 0.15) is 29.5 Å². The molecule has 1 aliphatic carbocycles. The Morgan fingerprint density at radius 1 is 1.14 bits per heavy atom. The van der Waals surface area contributed by atoms with Gasteiger partial charge in [-0.25, -0.2) is 0 Å². The average Bonchev–Trinajstić information content (AvgIpc) is 2.96. The first-order chi connectivity index (χ1) is 10.2. The molecule has 1 heterocycles. The lowest BCUT2D eigenvalue weighted by Gasteiger charge is -2.37. The van der Waals surface area contributed by atoms with E-state index >= 15 is 0 Å². The van der Waals surface area contributed by atoms with Crippen LogP contribution in [0.3, 0.4) is 0 Å². The first-order valence-electron chi connectivity index (χ1n) is 7.20. The molecule has 0 unspecified atom stereocenters.